The Morgan fingerprint density at radius 2 is 1.70 bits per heavy atom. The molecule has 0 unspecified atom stereocenters. The minimum atomic E-state index is -4.84. The highest BCUT2D eigenvalue weighted by Gasteiger charge is 2.33. The number of hydrogen-bond acceptors (Lipinski definition) is 5. The first kappa shape index (κ1) is 24.5. The zero-order chi connectivity index (χ0) is 24.2. The van der Waals surface area contributed by atoms with Crippen LogP contribution in [0.4, 0.5) is 23.7 Å². The lowest BCUT2D eigenvalue weighted by Gasteiger charge is -2.33. The van der Waals surface area contributed by atoms with Gasteiger partial charge in [-0.2, -0.15) is 0 Å². The number of amides is 1. The molecule has 180 valence electrons. The van der Waals surface area contributed by atoms with Crippen LogP contribution in [0.15, 0.2) is 42.5 Å². The maximum Gasteiger partial charge on any atom is 0.573 e. The summed E-state index contributed by atoms with van der Waals surface area (Å²) in [6, 6.07) is 11.3. The molecule has 0 aromatic heterocycles. The highest BCUT2D eigenvalue weighted by atomic mass is 19.4. The molecule has 2 aromatic rings. The quantitative estimate of drug-likeness (QED) is 0.559. The first-order valence-corrected chi connectivity index (χ1v) is 10.8. The predicted molar refractivity (Wildman–Crippen MR) is 119 cm³/mol. The molecular formula is C24H29F3N2O4. The van der Waals surface area contributed by atoms with E-state index in [-0.39, 0.29) is 24.4 Å². The van der Waals surface area contributed by atoms with Gasteiger partial charge < -0.3 is 24.8 Å². The molecule has 0 aliphatic carbocycles. The van der Waals surface area contributed by atoms with Crippen LogP contribution in [0.5, 0.6) is 11.5 Å². The van der Waals surface area contributed by atoms with E-state index < -0.39 is 17.7 Å². The molecule has 1 saturated heterocycles. The number of piperidine rings is 1. The Morgan fingerprint density at radius 3 is 2.30 bits per heavy atom. The molecule has 1 amide bonds. The molecule has 2 N–H and O–H groups in total. The van der Waals surface area contributed by atoms with Crippen molar-refractivity contribution in [2.24, 2.45) is 5.92 Å². The zero-order valence-corrected chi connectivity index (χ0v) is 18.9. The van der Waals surface area contributed by atoms with Crippen LogP contribution < -0.4 is 15.2 Å². The van der Waals surface area contributed by atoms with Crippen LogP contribution in [0.25, 0.3) is 11.1 Å². The van der Waals surface area contributed by atoms with Crippen LogP contribution in [-0.2, 0) is 4.74 Å². The van der Waals surface area contributed by atoms with E-state index in [1.165, 1.54) is 18.2 Å². The molecule has 0 saturated carbocycles. The average molecular weight is 467 g/mol. The summed E-state index contributed by atoms with van der Waals surface area (Å²) in [6.07, 6.45) is -3.89. The van der Waals surface area contributed by atoms with Crippen molar-refractivity contribution in [1.82, 2.24) is 4.90 Å². The van der Waals surface area contributed by atoms with Crippen LogP contribution in [0, 0.1) is 5.92 Å². The molecule has 9 heteroatoms. The SMILES string of the molecule is CC(C)(C)OC(=O)N1CCC(COc2cc(-c3cccc(N)c3)ccc2OC(F)(F)F)CC1. The molecular weight excluding hydrogens is 437 g/mol. The predicted octanol–water partition coefficient (Wildman–Crippen LogP) is 5.86. The van der Waals surface area contributed by atoms with E-state index in [1.54, 1.807) is 23.1 Å². The average Bonchev–Trinajstić information content (AvgIpc) is 2.71. The molecule has 1 aliphatic heterocycles. The fraction of sp³-hybridized carbons (Fsp3) is 0.458. The molecule has 2 aromatic carbocycles. The fourth-order valence-corrected chi connectivity index (χ4v) is 3.54. The first-order valence-electron chi connectivity index (χ1n) is 10.8. The largest absolute Gasteiger partial charge is 0.573 e. The second kappa shape index (κ2) is 9.80. The minimum absolute atomic E-state index is 0.00169. The van der Waals surface area contributed by atoms with Crippen molar-refractivity contribution in [2.45, 2.75) is 45.6 Å². The summed E-state index contributed by atoms with van der Waals surface area (Å²) in [4.78, 5) is 13.9. The highest BCUT2D eigenvalue weighted by Crippen LogP contribution is 2.37. The van der Waals surface area contributed by atoms with Crippen molar-refractivity contribution >= 4 is 11.8 Å². The number of likely N-dealkylation sites (tertiary alicyclic amines) is 1. The van der Waals surface area contributed by atoms with Gasteiger partial charge in [-0.25, -0.2) is 4.79 Å². The lowest BCUT2D eigenvalue weighted by Crippen LogP contribution is -2.42. The number of nitrogens with two attached hydrogens (primary N) is 1. The number of rotatable bonds is 5. The van der Waals surface area contributed by atoms with Crippen LogP contribution in [0.2, 0.25) is 0 Å². The number of anilines is 1. The van der Waals surface area contributed by atoms with E-state index in [0.29, 0.717) is 37.2 Å². The topological polar surface area (TPSA) is 74.0 Å². The smallest absolute Gasteiger partial charge is 0.489 e. The Morgan fingerprint density at radius 1 is 1.03 bits per heavy atom. The number of carbonyl (C=O) groups excluding carboxylic acids is 1. The third-order valence-electron chi connectivity index (χ3n) is 5.13. The van der Waals surface area contributed by atoms with Gasteiger partial charge in [0.25, 0.3) is 0 Å². The van der Waals surface area contributed by atoms with Gasteiger partial charge in [0.15, 0.2) is 11.5 Å². The monoisotopic (exact) mass is 466 g/mol. The van der Waals surface area contributed by atoms with E-state index in [1.807, 2.05) is 26.8 Å². The van der Waals surface area contributed by atoms with Crippen LogP contribution in [0.3, 0.4) is 0 Å². The van der Waals surface area contributed by atoms with Gasteiger partial charge in [-0.05, 0) is 74.9 Å². The molecule has 0 radical (unpaired) electrons. The normalized spacial score (nSPS) is 15.3. The Hall–Kier alpha value is -3.10. The molecule has 1 aliphatic rings. The number of benzene rings is 2. The molecule has 1 fully saturated rings. The summed E-state index contributed by atoms with van der Waals surface area (Å²) in [6.45, 7) is 6.63. The van der Waals surface area contributed by atoms with Crippen LogP contribution >= 0.6 is 0 Å². The molecule has 1 heterocycles. The van der Waals surface area contributed by atoms with E-state index in [4.69, 9.17) is 15.2 Å². The first-order chi connectivity index (χ1) is 15.4. The molecule has 0 spiro atoms. The van der Waals surface area contributed by atoms with Crippen molar-refractivity contribution < 1.29 is 32.2 Å². The number of nitrogens with zero attached hydrogens (tertiary/aromatic N) is 1. The lowest BCUT2D eigenvalue weighted by atomic mass is 9.98. The van der Waals surface area contributed by atoms with E-state index in [0.717, 1.165) is 5.56 Å². The number of ether oxygens (including phenoxy) is 3. The highest BCUT2D eigenvalue weighted by molar-refractivity contribution is 5.70. The second-order valence-corrected chi connectivity index (χ2v) is 9.06. The van der Waals surface area contributed by atoms with Gasteiger partial charge in [0.2, 0.25) is 0 Å². The van der Waals surface area contributed by atoms with Gasteiger partial charge in [0, 0.05) is 18.8 Å². The van der Waals surface area contributed by atoms with Crippen LogP contribution in [0.1, 0.15) is 33.6 Å². The van der Waals surface area contributed by atoms with Crippen LogP contribution in [-0.4, -0.2) is 42.7 Å². The Kier molecular flexibility index (Phi) is 7.29. The number of alkyl halides is 3. The van der Waals surface area contributed by atoms with E-state index in [2.05, 4.69) is 4.74 Å². The second-order valence-electron chi connectivity index (χ2n) is 9.06. The maximum absolute atomic E-state index is 12.9. The van der Waals surface area contributed by atoms with Crippen molar-refractivity contribution in [3.63, 3.8) is 0 Å². The molecule has 6 nitrogen and oxygen atoms in total. The Bertz CT molecular complexity index is 965. The van der Waals surface area contributed by atoms with Gasteiger partial charge in [-0.3, -0.25) is 0 Å². The maximum atomic E-state index is 12.9. The summed E-state index contributed by atoms with van der Waals surface area (Å²) in [7, 11) is 0. The van der Waals surface area contributed by atoms with Gasteiger partial charge in [-0.15, -0.1) is 13.2 Å². The summed E-state index contributed by atoms with van der Waals surface area (Å²) < 4.78 is 54.0. The standard InChI is InChI=1S/C24H29F3N2O4/c1-23(2,3)33-22(30)29-11-9-16(10-12-29)15-31-21-14-18(17-5-4-6-19(28)13-17)7-8-20(21)32-24(25,26)27/h4-8,13-14,16H,9-12,15,28H2,1-3H3. The molecule has 3 rings (SSSR count). The number of carbonyl (C=O) groups is 1. The van der Waals surface area contributed by atoms with Gasteiger partial charge in [0.1, 0.15) is 5.60 Å². The Labute approximate surface area is 191 Å². The lowest BCUT2D eigenvalue weighted by molar-refractivity contribution is -0.275. The van der Waals surface area contributed by atoms with E-state index in [9.17, 15) is 18.0 Å². The molecule has 0 bridgehead atoms. The summed E-state index contributed by atoms with van der Waals surface area (Å²) in [5.74, 6) is -0.318. The minimum Gasteiger partial charge on any atom is -0.489 e. The third-order valence-corrected chi connectivity index (χ3v) is 5.13. The van der Waals surface area contributed by atoms with Gasteiger partial charge in [0.05, 0.1) is 6.61 Å². The van der Waals surface area contributed by atoms with Crippen molar-refractivity contribution in [3.05, 3.63) is 42.5 Å². The van der Waals surface area contributed by atoms with Crippen molar-refractivity contribution in [3.8, 4) is 22.6 Å². The third kappa shape index (κ3) is 7.47. The number of halogens is 3. The molecule has 33 heavy (non-hydrogen) atoms. The summed E-state index contributed by atoms with van der Waals surface area (Å²) in [5.41, 5.74) is 7.22. The van der Waals surface area contributed by atoms with Gasteiger partial charge in [-0.1, -0.05) is 18.2 Å². The zero-order valence-electron chi connectivity index (χ0n) is 18.9. The van der Waals surface area contributed by atoms with Crippen molar-refractivity contribution in [2.75, 3.05) is 25.4 Å². The summed E-state index contributed by atoms with van der Waals surface area (Å²) in [5, 5.41) is 0. The summed E-state index contributed by atoms with van der Waals surface area (Å²) >= 11 is 0. The molecule has 0 atom stereocenters. The Balaban J connectivity index is 1.67. The van der Waals surface area contributed by atoms with E-state index >= 15 is 0 Å². The number of nitrogen functional groups attached to an aromatic ring is 1. The number of hydrogen-bond donors (Lipinski definition) is 1. The van der Waals surface area contributed by atoms with Gasteiger partial charge >= 0.3 is 12.5 Å². The fourth-order valence-electron chi connectivity index (χ4n) is 3.54. The van der Waals surface area contributed by atoms with Crippen molar-refractivity contribution in [1.29, 1.82) is 0 Å².